The highest BCUT2D eigenvalue weighted by atomic mass is 16.5. The first-order valence-electron chi connectivity index (χ1n) is 8.15. The molecule has 128 valence electrons. The van der Waals surface area contributed by atoms with Gasteiger partial charge in [-0.05, 0) is 19.9 Å². The number of piperidine rings is 1. The molecule has 0 spiro atoms. The van der Waals surface area contributed by atoms with Crippen molar-refractivity contribution in [3.63, 3.8) is 0 Å². The van der Waals surface area contributed by atoms with E-state index in [-0.39, 0.29) is 18.2 Å². The Hall–Kier alpha value is -2.64. The normalized spacial score (nSPS) is 15.5. The maximum atomic E-state index is 12.3. The second kappa shape index (κ2) is 7.29. The van der Waals surface area contributed by atoms with Crippen molar-refractivity contribution >= 4 is 11.7 Å². The van der Waals surface area contributed by atoms with Crippen LogP contribution in [0.15, 0.2) is 30.9 Å². The topological polar surface area (TPSA) is 85.2 Å². The lowest BCUT2D eigenvalue weighted by molar-refractivity contribution is 0.107. The molecule has 8 heteroatoms. The van der Waals surface area contributed by atoms with Crippen molar-refractivity contribution in [2.75, 3.05) is 18.4 Å². The van der Waals surface area contributed by atoms with E-state index in [4.69, 9.17) is 4.74 Å². The van der Waals surface area contributed by atoms with Crippen molar-refractivity contribution < 1.29 is 9.53 Å². The first-order valence-corrected chi connectivity index (χ1v) is 8.15. The molecule has 0 bridgehead atoms. The van der Waals surface area contributed by atoms with E-state index in [1.807, 2.05) is 24.7 Å². The van der Waals surface area contributed by atoms with Crippen LogP contribution in [0, 0.1) is 0 Å². The molecule has 1 saturated heterocycles. The van der Waals surface area contributed by atoms with Crippen LogP contribution in [-0.2, 0) is 0 Å². The van der Waals surface area contributed by atoms with E-state index in [1.54, 1.807) is 29.6 Å². The van der Waals surface area contributed by atoms with Crippen LogP contribution in [0.3, 0.4) is 0 Å². The number of carbonyl (C=O) groups excluding carboxylic acids is 1. The number of likely N-dealkylation sites (tertiary alicyclic amines) is 1. The molecule has 2 amide bonds. The predicted octanol–water partition coefficient (Wildman–Crippen LogP) is 2.33. The molecule has 3 heterocycles. The van der Waals surface area contributed by atoms with E-state index in [9.17, 15) is 4.79 Å². The van der Waals surface area contributed by atoms with Gasteiger partial charge in [-0.2, -0.15) is 5.10 Å². The van der Waals surface area contributed by atoms with Crippen molar-refractivity contribution in [2.45, 2.75) is 38.8 Å². The Morgan fingerprint density at radius 2 is 2.00 bits per heavy atom. The molecule has 0 atom stereocenters. The second-order valence-corrected chi connectivity index (χ2v) is 6.07. The van der Waals surface area contributed by atoms with Gasteiger partial charge in [0.2, 0.25) is 0 Å². The minimum atomic E-state index is -0.104. The molecule has 3 rings (SSSR count). The number of aromatic nitrogens is 4. The van der Waals surface area contributed by atoms with Crippen LogP contribution in [0.1, 0.15) is 32.7 Å². The molecule has 1 fully saturated rings. The first-order chi connectivity index (χ1) is 11.6. The van der Waals surface area contributed by atoms with Crippen LogP contribution < -0.4 is 10.1 Å². The van der Waals surface area contributed by atoms with E-state index < -0.39 is 0 Å². The molecule has 2 aromatic heterocycles. The van der Waals surface area contributed by atoms with Crippen LogP contribution in [-0.4, -0.2) is 49.9 Å². The van der Waals surface area contributed by atoms with Gasteiger partial charge in [-0.15, -0.1) is 0 Å². The van der Waals surface area contributed by atoms with E-state index >= 15 is 0 Å². The summed E-state index contributed by atoms with van der Waals surface area (Å²) in [6, 6.07) is 2.30. The number of hydrogen-bond acceptors (Lipinski definition) is 5. The Balaban J connectivity index is 1.48. The van der Waals surface area contributed by atoms with E-state index in [0.29, 0.717) is 24.8 Å². The highest BCUT2D eigenvalue weighted by Crippen LogP contribution is 2.17. The van der Waals surface area contributed by atoms with Gasteiger partial charge in [0, 0.05) is 50.6 Å². The molecule has 0 unspecified atom stereocenters. The minimum Gasteiger partial charge on any atom is -0.460 e. The summed E-state index contributed by atoms with van der Waals surface area (Å²) in [5, 5.41) is 7.11. The molecule has 1 N–H and O–H groups in total. The Morgan fingerprint density at radius 3 is 2.62 bits per heavy atom. The minimum absolute atomic E-state index is 0.0418. The van der Waals surface area contributed by atoms with E-state index in [1.165, 1.54) is 0 Å². The lowest BCUT2D eigenvalue weighted by atomic mass is 10.1. The van der Waals surface area contributed by atoms with Crippen LogP contribution in [0.5, 0.6) is 6.01 Å². The van der Waals surface area contributed by atoms with E-state index in [2.05, 4.69) is 20.4 Å². The van der Waals surface area contributed by atoms with E-state index in [0.717, 1.165) is 12.8 Å². The van der Waals surface area contributed by atoms with Crippen LogP contribution in [0.25, 0.3) is 0 Å². The maximum Gasteiger partial charge on any atom is 0.321 e. The summed E-state index contributed by atoms with van der Waals surface area (Å²) in [4.78, 5) is 22.2. The summed E-state index contributed by atoms with van der Waals surface area (Å²) in [6.07, 6.45) is 8.38. The number of rotatable bonds is 4. The Morgan fingerprint density at radius 1 is 1.29 bits per heavy atom. The molecule has 0 radical (unpaired) electrons. The molecule has 1 aliphatic rings. The molecule has 24 heavy (non-hydrogen) atoms. The molecule has 8 nitrogen and oxygen atoms in total. The molecular formula is C16H22N6O2. The number of nitrogens with one attached hydrogen (secondary N) is 1. The SMILES string of the molecule is CC(C)n1cc(NC(=O)N2CCC(Oc3ncccn3)CC2)cn1. The average molecular weight is 330 g/mol. The molecule has 0 aromatic carbocycles. The number of urea groups is 1. The van der Waals surface area contributed by atoms with Gasteiger partial charge >= 0.3 is 12.0 Å². The number of carbonyl (C=O) groups is 1. The Bertz CT molecular complexity index is 664. The lowest BCUT2D eigenvalue weighted by Crippen LogP contribution is -2.43. The monoisotopic (exact) mass is 330 g/mol. The summed E-state index contributed by atoms with van der Waals surface area (Å²) >= 11 is 0. The first kappa shape index (κ1) is 16.2. The zero-order valence-corrected chi connectivity index (χ0v) is 13.9. The fourth-order valence-electron chi connectivity index (χ4n) is 2.56. The number of nitrogens with zero attached hydrogens (tertiary/aromatic N) is 5. The summed E-state index contributed by atoms with van der Waals surface area (Å²) < 4.78 is 7.55. The Kier molecular flexibility index (Phi) is 4.93. The van der Waals surface area contributed by atoms with Gasteiger partial charge in [-0.3, -0.25) is 4.68 Å². The van der Waals surface area contributed by atoms with Crippen molar-refractivity contribution in [2.24, 2.45) is 0 Å². The van der Waals surface area contributed by atoms with Crippen molar-refractivity contribution in [3.05, 3.63) is 30.9 Å². The standard InChI is InChI=1S/C16H22N6O2/c1-12(2)22-11-13(10-19-22)20-16(23)21-8-4-14(5-9-21)24-15-17-6-3-7-18-15/h3,6-7,10-12,14H,4-5,8-9H2,1-2H3,(H,20,23). The number of amides is 2. The van der Waals surface area contributed by atoms with Gasteiger partial charge in [-0.25, -0.2) is 14.8 Å². The van der Waals surface area contributed by atoms with Crippen molar-refractivity contribution in [1.82, 2.24) is 24.6 Å². The largest absolute Gasteiger partial charge is 0.460 e. The van der Waals surface area contributed by atoms with Crippen molar-refractivity contribution in [1.29, 1.82) is 0 Å². The fourth-order valence-corrected chi connectivity index (χ4v) is 2.56. The molecule has 2 aromatic rings. The average Bonchev–Trinajstić information content (AvgIpc) is 3.05. The lowest BCUT2D eigenvalue weighted by Gasteiger charge is -2.31. The maximum absolute atomic E-state index is 12.3. The number of anilines is 1. The smallest absolute Gasteiger partial charge is 0.321 e. The summed E-state index contributed by atoms with van der Waals surface area (Å²) in [5.74, 6) is 0. The quantitative estimate of drug-likeness (QED) is 0.930. The van der Waals surface area contributed by atoms with Gasteiger partial charge in [0.1, 0.15) is 6.10 Å². The van der Waals surface area contributed by atoms with Crippen LogP contribution in [0.2, 0.25) is 0 Å². The summed E-state index contributed by atoms with van der Waals surface area (Å²) in [7, 11) is 0. The summed E-state index contributed by atoms with van der Waals surface area (Å²) in [6.45, 7) is 5.36. The van der Waals surface area contributed by atoms with Crippen LogP contribution in [0.4, 0.5) is 10.5 Å². The van der Waals surface area contributed by atoms with Gasteiger partial charge in [-0.1, -0.05) is 0 Å². The zero-order valence-electron chi connectivity index (χ0n) is 13.9. The number of hydrogen-bond donors (Lipinski definition) is 1. The molecular weight excluding hydrogens is 308 g/mol. The van der Waals surface area contributed by atoms with Gasteiger partial charge in [0.25, 0.3) is 0 Å². The van der Waals surface area contributed by atoms with Gasteiger partial charge in [0.15, 0.2) is 0 Å². The highest BCUT2D eigenvalue weighted by Gasteiger charge is 2.24. The predicted molar refractivity (Wildman–Crippen MR) is 88.9 cm³/mol. The van der Waals surface area contributed by atoms with Crippen molar-refractivity contribution in [3.8, 4) is 6.01 Å². The van der Waals surface area contributed by atoms with Crippen LogP contribution >= 0.6 is 0 Å². The molecule has 0 aliphatic carbocycles. The second-order valence-electron chi connectivity index (χ2n) is 6.07. The van der Waals surface area contributed by atoms with Gasteiger partial charge < -0.3 is 15.0 Å². The number of ether oxygens (including phenoxy) is 1. The highest BCUT2D eigenvalue weighted by molar-refractivity contribution is 5.89. The molecule has 0 saturated carbocycles. The third kappa shape index (κ3) is 4.01. The van der Waals surface area contributed by atoms with Gasteiger partial charge in [0.05, 0.1) is 11.9 Å². The molecule has 1 aliphatic heterocycles. The fraction of sp³-hybridized carbons (Fsp3) is 0.500. The third-order valence-corrected chi connectivity index (χ3v) is 3.93. The Labute approximate surface area is 140 Å². The zero-order chi connectivity index (χ0) is 16.9. The summed E-state index contributed by atoms with van der Waals surface area (Å²) in [5.41, 5.74) is 0.713. The third-order valence-electron chi connectivity index (χ3n) is 3.93.